The molecular formula is C12H21NO6. The van der Waals surface area contributed by atoms with Crippen LogP contribution in [0.1, 0.15) is 33.6 Å². The summed E-state index contributed by atoms with van der Waals surface area (Å²) in [6, 6.07) is -0.482. The Kier molecular flexibility index (Phi) is 5.13. The van der Waals surface area contributed by atoms with E-state index in [1.54, 1.807) is 20.8 Å². The molecule has 19 heavy (non-hydrogen) atoms. The van der Waals surface area contributed by atoms with Crippen LogP contribution in [0.15, 0.2) is 0 Å². The molecule has 1 amide bonds. The molecule has 0 radical (unpaired) electrons. The minimum Gasteiger partial charge on any atom is -0.469 e. The normalized spacial score (nSPS) is 26.9. The van der Waals surface area contributed by atoms with E-state index in [0.29, 0.717) is 12.8 Å². The van der Waals surface area contributed by atoms with Crippen molar-refractivity contribution in [2.45, 2.75) is 51.4 Å². The molecule has 0 spiro atoms. The van der Waals surface area contributed by atoms with Crippen molar-refractivity contribution in [1.29, 1.82) is 0 Å². The maximum absolute atomic E-state index is 11.6. The average molecular weight is 275 g/mol. The lowest BCUT2D eigenvalue weighted by Crippen LogP contribution is -2.43. The fraction of sp³-hybridized carbons (Fsp3) is 0.833. The van der Waals surface area contributed by atoms with Crippen LogP contribution >= 0.6 is 0 Å². The highest BCUT2D eigenvalue weighted by Gasteiger charge is 2.41. The standard InChI is InChI=1S/C12H21NO6/c1-12(2,3)18-11(15)13-8-5-7(10(14)17-4)6-9(8)19-16/h7-9,16H,5-6H2,1-4H3,(H,13,15). The first-order valence-corrected chi connectivity index (χ1v) is 6.14. The van der Waals surface area contributed by atoms with Crippen LogP contribution < -0.4 is 5.32 Å². The maximum Gasteiger partial charge on any atom is 0.407 e. The van der Waals surface area contributed by atoms with Gasteiger partial charge < -0.3 is 14.8 Å². The summed E-state index contributed by atoms with van der Waals surface area (Å²) in [4.78, 5) is 27.4. The van der Waals surface area contributed by atoms with E-state index < -0.39 is 29.8 Å². The van der Waals surface area contributed by atoms with Crippen LogP contribution in [0.3, 0.4) is 0 Å². The molecule has 3 unspecified atom stereocenters. The third kappa shape index (κ3) is 4.68. The van der Waals surface area contributed by atoms with Gasteiger partial charge in [0.15, 0.2) is 0 Å². The second-order valence-electron chi connectivity index (χ2n) is 5.59. The van der Waals surface area contributed by atoms with E-state index in [0.717, 1.165) is 0 Å². The lowest BCUT2D eigenvalue weighted by atomic mass is 10.1. The zero-order valence-electron chi connectivity index (χ0n) is 11.6. The van der Waals surface area contributed by atoms with Gasteiger partial charge in [0, 0.05) is 0 Å². The summed E-state index contributed by atoms with van der Waals surface area (Å²) in [6.07, 6.45) is -0.609. The van der Waals surface area contributed by atoms with Gasteiger partial charge in [-0.25, -0.2) is 9.68 Å². The van der Waals surface area contributed by atoms with Crippen molar-refractivity contribution in [2.75, 3.05) is 7.11 Å². The molecule has 0 saturated heterocycles. The lowest BCUT2D eigenvalue weighted by Gasteiger charge is -2.23. The summed E-state index contributed by atoms with van der Waals surface area (Å²) in [5.74, 6) is -0.780. The molecule has 7 nitrogen and oxygen atoms in total. The molecule has 0 heterocycles. The van der Waals surface area contributed by atoms with Crippen molar-refractivity contribution < 1.29 is 29.2 Å². The van der Waals surface area contributed by atoms with Crippen LogP contribution in [0, 0.1) is 5.92 Å². The Morgan fingerprint density at radius 1 is 1.26 bits per heavy atom. The van der Waals surface area contributed by atoms with Gasteiger partial charge >= 0.3 is 12.1 Å². The molecule has 0 bridgehead atoms. The molecule has 1 rings (SSSR count). The van der Waals surface area contributed by atoms with Crippen molar-refractivity contribution in [2.24, 2.45) is 5.92 Å². The van der Waals surface area contributed by atoms with Gasteiger partial charge in [-0.3, -0.25) is 10.1 Å². The highest BCUT2D eigenvalue weighted by molar-refractivity contribution is 5.73. The molecule has 1 aliphatic carbocycles. The van der Waals surface area contributed by atoms with Gasteiger partial charge in [0.2, 0.25) is 0 Å². The topological polar surface area (TPSA) is 94.1 Å². The van der Waals surface area contributed by atoms with Crippen LogP contribution in [0.4, 0.5) is 4.79 Å². The maximum atomic E-state index is 11.6. The summed E-state index contributed by atoms with van der Waals surface area (Å²) in [5, 5.41) is 11.4. The minimum absolute atomic E-state index is 0.295. The molecule has 1 saturated carbocycles. The van der Waals surface area contributed by atoms with Gasteiger partial charge in [-0.05, 0) is 33.6 Å². The Bertz CT molecular complexity index is 338. The number of nitrogens with one attached hydrogen (secondary N) is 1. The summed E-state index contributed by atoms with van der Waals surface area (Å²) in [5.41, 5.74) is -0.611. The zero-order valence-corrected chi connectivity index (χ0v) is 11.6. The highest BCUT2D eigenvalue weighted by Crippen LogP contribution is 2.29. The van der Waals surface area contributed by atoms with Crippen LogP contribution in [-0.4, -0.2) is 42.2 Å². The Labute approximate surface area is 112 Å². The van der Waals surface area contributed by atoms with Gasteiger partial charge in [-0.15, -0.1) is 0 Å². The highest BCUT2D eigenvalue weighted by atomic mass is 17.1. The van der Waals surface area contributed by atoms with E-state index >= 15 is 0 Å². The van der Waals surface area contributed by atoms with E-state index in [1.165, 1.54) is 7.11 Å². The van der Waals surface area contributed by atoms with Gasteiger partial charge in [0.05, 0.1) is 19.1 Å². The van der Waals surface area contributed by atoms with Gasteiger partial charge in [-0.2, -0.15) is 0 Å². The summed E-state index contributed by atoms with van der Waals surface area (Å²) in [7, 11) is 1.30. The molecule has 0 aromatic heterocycles. The van der Waals surface area contributed by atoms with Crippen LogP contribution in [0.25, 0.3) is 0 Å². The quantitative estimate of drug-likeness (QED) is 0.458. The molecule has 0 aliphatic heterocycles. The molecule has 0 aromatic rings. The fourth-order valence-electron chi connectivity index (χ4n) is 2.09. The predicted octanol–water partition coefficient (Wildman–Crippen LogP) is 1.32. The molecule has 110 valence electrons. The average Bonchev–Trinajstić information content (AvgIpc) is 2.68. The Morgan fingerprint density at radius 2 is 1.89 bits per heavy atom. The third-order valence-corrected chi connectivity index (χ3v) is 2.88. The largest absolute Gasteiger partial charge is 0.469 e. The number of carbonyl (C=O) groups is 2. The summed E-state index contributed by atoms with van der Waals surface area (Å²) >= 11 is 0. The van der Waals surface area contributed by atoms with Crippen molar-refractivity contribution >= 4 is 12.1 Å². The van der Waals surface area contributed by atoms with E-state index in [-0.39, 0.29) is 5.97 Å². The molecular weight excluding hydrogens is 254 g/mol. The van der Waals surface area contributed by atoms with E-state index in [4.69, 9.17) is 9.99 Å². The van der Waals surface area contributed by atoms with E-state index in [9.17, 15) is 9.59 Å². The van der Waals surface area contributed by atoms with Crippen molar-refractivity contribution in [3.63, 3.8) is 0 Å². The number of carbonyl (C=O) groups excluding carboxylic acids is 2. The SMILES string of the molecule is COC(=O)C1CC(NC(=O)OC(C)(C)C)C(OO)C1. The number of methoxy groups -OCH3 is 1. The molecule has 1 fully saturated rings. The van der Waals surface area contributed by atoms with Crippen LogP contribution in [-0.2, 0) is 19.2 Å². The number of amides is 1. The fourth-order valence-corrected chi connectivity index (χ4v) is 2.09. The van der Waals surface area contributed by atoms with Gasteiger partial charge in [0.25, 0.3) is 0 Å². The molecule has 7 heteroatoms. The number of hydrogen-bond donors (Lipinski definition) is 2. The summed E-state index contributed by atoms with van der Waals surface area (Å²) < 4.78 is 9.75. The first kappa shape index (κ1) is 15.7. The smallest absolute Gasteiger partial charge is 0.407 e. The molecule has 2 N–H and O–H groups in total. The van der Waals surface area contributed by atoms with Gasteiger partial charge in [0.1, 0.15) is 11.7 Å². The number of rotatable bonds is 3. The van der Waals surface area contributed by atoms with E-state index in [2.05, 4.69) is 14.9 Å². The number of hydrogen-bond acceptors (Lipinski definition) is 6. The van der Waals surface area contributed by atoms with Gasteiger partial charge in [-0.1, -0.05) is 0 Å². The number of esters is 1. The van der Waals surface area contributed by atoms with Crippen LogP contribution in [0.2, 0.25) is 0 Å². The minimum atomic E-state index is -0.642. The number of alkyl carbamates (subject to hydrolysis) is 1. The first-order valence-electron chi connectivity index (χ1n) is 6.14. The zero-order chi connectivity index (χ0) is 14.6. The summed E-state index contributed by atoms with van der Waals surface area (Å²) in [6.45, 7) is 5.25. The van der Waals surface area contributed by atoms with Crippen molar-refractivity contribution in [3.05, 3.63) is 0 Å². The Morgan fingerprint density at radius 3 is 2.37 bits per heavy atom. The predicted molar refractivity (Wildman–Crippen MR) is 65.4 cm³/mol. The Balaban J connectivity index is 2.57. The van der Waals surface area contributed by atoms with E-state index in [1.807, 2.05) is 0 Å². The molecule has 1 aliphatic rings. The van der Waals surface area contributed by atoms with Crippen molar-refractivity contribution in [3.8, 4) is 0 Å². The van der Waals surface area contributed by atoms with Crippen molar-refractivity contribution in [1.82, 2.24) is 5.32 Å². The second-order valence-corrected chi connectivity index (χ2v) is 5.59. The first-order chi connectivity index (χ1) is 8.76. The van der Waals surface area contributed by atoms with Crippen LogP contribution in [0.5, 0.6) is 0 Å². The molecule has 3 atom stereocenters. The third-order valence-electron chi connectivity index (χ3n) is 2.88. The Hall–Kier alpha value is -1.34. The lowest BCUT2D eigenvalue weighted by molar-refractivity contribution is -0.280. The second kappa shape index (κ2) is 6.21. The number of ether oxygens (including phenoxy) is 2. The molecule has 0 aromatic carbocycles. The monoisotopic (exact) mass is 275 g/mol.